The van der Waals surface area contributed by atoms with Gasteiger partial charge in [0.25, 0.3) is 0 Å². The average molecular weight is 265 g/mol. The summed E-state index contributed by atoms with van der Waals surface area (Å²) in [5.74, 6) is -0.563. The van der Waals surface area contributed by atoms with Gasteiger partial charge in [-0.15, -0.1) is 0 Å². The molecule has 0 saturated carbocycles. The Morgan fingerprint density at radius 1 is 1.42 bits per heavy atom. The summed E-state index contributed by atoms with van der Waals surface area (Å²) < 4.78 is 5.71. The smallest absolute Gasteiger partial charge is 0.335 e. The highest BCUT2D eigenvalue weighted by Gasteiger charge is 2.20. The van der Waals surface area contributed by atoms with E-state index in [0.717, 1.165) is 18.5 Å². The predicted octanol–water partition coefficient (Wildman–Crippen LogP) is 3.64. The molecule has 0 spiro atoms. The number of carboxylic acids is 1. The Morgan fingerprint density at radius 2 is 2.05 bits per heavy atom. The third-order valence-electron chi connectivity index (χ3n) is 2.83. The molecule has 0 amide bonds. The van der Waals surface area contributed by atoms with Crippen molar-refractivity contribution in [3.05, 3.63) is 23.4 Å². The summed E-state index contributed by atoms with van der Waals surface area (Å²) in [7, 11) is 0. The van der Waals surface area contributed by atoms with Crippen molar-refractivity contribution in [3.8, 4) is 5.88 Å². The lowest BCUT2D eigenvalue weighted by atomic mass is 9.91. The van der Waals surface area contributed by atoms with Gasteiger partial charge in [-0.2, -0.15) is 0 Å². The SMILES string of the molecule is CCCC(C)Oc1cc(C(=O)O)cc(C(C)(C)C)n1. The molecule has 0 saturated heterocycles. The molecule has 1 heterocycles. The van der Waals surface area contributed by atoms with E-state index in [0.29, 0.717) is 5.88 Å². The maximum atomic E-state index is 11.2. The Labute approximate surface area is 114 Å². The zero-order valence-electron chi connectivity index (χ0n) is 12.4. The molecule has 1 atom stereocenters. The quantitative estimate of drug-likeness (QED) is 0.883. The maximum Gasteiger partial charge on any atom is 0.335 e. The fourth-order valence-corrected chi connectivity index (χ4v) is 1.74. The lowest BCUT2D eigenvalue weighted by Crippen LogP contribution is -2.18. The summed E-state index contributed by atoms with van der Waals surface area (Å²) >= 11 is 0. The van der Waals surface area contributed by atoms with Crippen molar-refractivity contribution in [2.75, 3.05) is 0 Å². The monoisotopic (exact) mass is 265 g/mol. The van der Waals surface area contributed by atoms with Gasteiger partial charge in [0.05, 0.1) is 17.4 Å². The minimum Gasteiger partial charge on any atom is -0.478 e. The highest BCUT2D eigenvalue weighted by atomic mass is 16.5. The highest BCUT2D eigenvalue weighted by molar-refractivity contribution is 5.88. The summed E-state index contributed by atoms with van der Waals surface area (Å²) in [6.07, 6.45) is 1.98. The van der Waals surface area contributed by atoms with Gasteiger partial charge in [-0.1, -0.05) is 34.1 Å². The van der Waals surface area contributed by atoms with Crippen LogP contribution in [0.2, 0.25) is 0 Å². The van der Waals surface area contributed by atoms with Crippen LogP contribution in [0.5, 0.6) is 5.88 Å². The number of carbonyl (C=O) groups is 1. The highest BCUT2D eigenvalue weighted by Crippen LogP contribution is 2.25. The number of hydrogen-bond acceptors (Lipinski definition) is 3. The number of aromatic carboxylic acids is 1. The fourth-order valence-electron chi connectivity index (χ4n) is 1.74. The molecule has 0 bridgehead atoms. The van der Waals surface area contributed by atoms with Crippen LogP contribution in [0, 0.1) is 0 Å². The van der Waals surface area contributed by atoms with Crippen molar-refractivity contribution in [1.82, 2.24) is 4.98 Å². The zero-order chi connectivity index (χ0) is 14.6. The topological polar surface area (TPSA) is 59.4 Å². The van der Waals surface area contributed by atoms with Crippen LogP contribution in [0.1, 0.15) is 63.5 Å². The van der Waals surface area contributed by atoms with E-state index in [-0.39, 0.29) is 17.1 Å². The van der Waals surface area contributed by atoms with Crippen LogP contribution in [-0.4, -0.2) is 22.2 Å². The van der Waals surface area contributed by atoms with Crippen molar-refractivity contribution in [1.29, 1.82) is 0 Å². The second-order valence-corrected chi connectivity index (χ2v) is 5.85. The number of hydrogen-bond donors (Lipinski definition) is 1. The molecule has 1 aromatic heterocycles. The van der Waals surface area contributed by atoms with E-state index in [4.69, 9.17) is 9.84 Å². The molecule has 1 N–H and O–H groups in total. The Morgan fingerprint density at radius 3 is 2.53 bits per heavy atom. The maximum absolute atomic E-state index is 11.2. The predicted molar refractivity (Wildman–Crippen MR) is 74.9 cm³/mol. The van der Waals surface area contributed by atoms with Gasteiger partial charge in [0.1, 0.15) is 0 Å². The van der Waals surface area contributed by atoms with Gasteiger partial charge < -0.3 is 9.84 Å². The minimum absolute atomic E-state index is 0.0364. The minimum atomic E-state index is -0.958. The summed E-state index contributed by atoms with van der Waals surface area (Å²) in [5.41, 5.74) is 0.738. The molecule has 0 aliphatic rings. The average Bonchev–Trinajstić information content (AvgIpc) is 2.27. The van der Waals surface area contributed by atoms with Crippen LogP contribution in [0.3, 0.4) is 0 Å². The molecule has 1 unspecified atom stereocenters. The first-order chi connectivity index (χ1) is 8.74. The first-order valence-corrected chi connectivity index (χ1v) is 6.66. The third kappa shape index (κ3) is 4.54. The van der Waals surface area contributed by atoms with Crippen molar-refractivity contribution in [2.24, 2.45) is 0 Å². The van der Waals surface area contributed by atoms with E-state index in [1.54, 1.807) is 6.07 Å². The Hall–Kier alpha value is -1.58. The van der Waals surface area contributed by atoms with Crippen LogP contribution in [0.25, 0.3) is 0 Å². The molecule has 0 aliphatic carbocycles. The van der Waals surface area contributed by atoms with Crippen molar-refractivity contribution < 1.29 is 14.6 Å². The largest absolute Gasteiger partial charge is 0.478 e. The number of ether oxygens (including phenoxy) is 1. The molecule has 0 aromatic carbocycles. The molecule has 0 fully saturated rings. The molecular weight excluding hydrogens is 242 g/mol. The number of nitrogens with zero attached hydrogens (tertiary/aromatic N) is 1. The molecule has 1 aromatic rings. The van der Waals surface area contributed by atoms with E-state index in [2.05, 4.69) is 11.9 Å². The van der Waals surface area contributed by atoms with Gasteiger partial charge in [-0.3, -0.25) is 0 Å². The van der Waals surface area contributed by atoms with Crippen LogP contribution in [-0.2, 0) is 5.41 Å². The third-order valence-corrected chi connectivity index (χ3v) is 2.83. The number of carboxylic acid groups (broad SMARTS) is 1. The first kappa shape index (κ1) is 15.5. The summed E-state index contributed by atoms with van der Waals surface area (Å²) in [6, 6.07) is 3.10. The molecule has 0 radical (unpaired) electrons. The van der Waals surface area contributed by atoms with Gasteiger partial charge in [-0.05, 0) is 19.4 Å². The Balaban J connectivity index is 3.10. The van der Waals surface area contributed by atoms with Crippen molar-refractivity contribution in [2.45, 2.75) is 59.0 Å². The van der Waals surface area contributed by atoms with E-state index in [1.165, 1.54) is 6.07 Å². The molecule has 4 heteroatoms. The number of pyridine rings is 1. The summed E-state index contributed by atoms with van der Waals surface area (Å²) in [4.78, 5) is 15.6. The standard InChI is InChI=1S/C15H23NO3/c1-6-7-10(2)19-13-9-11(14(17)18)8-12(16-13)15(3,4)5/h8-10H,6-7H2,1-5H3,(H,17,18). The van der Waals surface area contributed by atoms with Crippen LogP contribution >= 0.6 is 0 Å². The normalized spacial score (nSPS) is 13.1. The van der Waals surface area contributed by atoms with E-state index >= 15 is 0 Å². The van der Waals surface area contributed by atoms with E-state index < -0.39 is 5.97 Å². The second kappa shape index (κ2) is 6.04. The van der Waals surface area contributed by atoms with Crippen molar-refractivity contribution >= 4 is 5.97 Å². The van der Waals surface area contributed by atoms with Gasteiger partial charge in [0, 0.05) is 11.5 Å². The summed E-state index contributed by atoms with van der Waals surface area (Å²) in [5, 5.41) is 9.15. The Bertz CT molecular complexity index is 449. The zero-order valence-corrected chi connectivity index (χ0v) is 12.4. The van der Waals surface area contributed by atoms with Gasteiger partial charge in [-0.25, -0.2) is 9.78 Å². The lowest BCUT2D eigenvalue weighted by molar-refractivity contribution is 0.0695. The summed E-state index contributed by atoms with van der Waals surface area (Å²) in [6.45, 7) is 10.1. The van der Waals surface area contributed by atoms with Gasteiger partial charge in [0.2, 0.25) is 5.88 Å². The molecule has 1 rings (SSSR count). The molecular formula is C15H23NO3. The fraction of sp³-hybridized carbons (Fsp3) is 0.600. The Kier molecular flexibility index (Phi) is 4.92. The van der Waals surface area contributed by atoms with Gasteiger partial charge >= 0.3 is 5.97 Å². The van der Waals surface area contributed by atoms with Crippen LogP contribution in [0.15, 0.2) is 12.1 Å². The number of rotatable bonds is 5. The molecule has 4 nitrogen and oxygen atoms in total. The van der Waals surface area contributed by atoms with Crippen LogP contribution < -0.4 is 4.74 Å². The molecule has 106 valence electrons. The van der Waals surface area contributed by atoms with Gasteiger partial charge in [0.15, 0.2) is 0 Å². The van der Waals surface area contributed by atoms with Crippen LogP contribution in [0.4, 0.5) is 0 Å². The number of aromatic nitrogens is 1. The van der Waals surface area contributed by atoms with E-state index in [1.807, 2.05) is 27.7 Å². The molecule has 19 heavy (non-hydrogen) atoms. The molecule has 0 aliphatic heterocycles. The van der Waals surface area contributed by atoms with E-state index in [9.17, 15) is 4.79 Å². The second-order valence-electron chi connectivity index (χ2n) is 5.85. The van der Waals surface area contributed by atoms with Crippen molar-refractivity contribution in [3.63, 3.8) is 0 Å². The first-order valence-electron chi connectivity index (χ1n) is 6.66. The lowest BCUT2D eigenvalue weighted by Gasteiger charge is -2.20.